The van der Waals surface area contributed by atoms with Crippen molar-refractivity contribution in [3.8, 4) is 0 Å². The molecule has 0 bridgehead atoms. The zero-order chi connectivity index (χ0) is 20.4. The highest BCUT2D eigenvalue weighted by atomic mass is 16.5. The molecular weight excluding hydrogens is 332 g/mol. The van der Waals surface area contributed by atoms with Gasteiger partial charge in [-0.05, 0) is 6.42 Å². The lowest BCUT2D eigenvalue weighted by molar-refractivity contribution is -0.134. The Morgan fingerprint density at radius 2 is 1.42 bits per heavy atom. The minimum atomic E-state index is -0.0345. The van der Waals surface area contributed by atoms with Crippen LogP contribution in [-0.2, 0) is 14.3 Å². The van der Waals surface area contributed by atoms with Crippen LogP contribution in [0.2, 0.25) is 0 Å². The fourth-order valence-corrected chi connectivity index (χ4v) is 2.95. The first-order chi connectivity index (χ1) is 12.2. The van der Waals surface area contributed by atoms with E-state index in [1.165, 1.54) is 0 Å². The first kappa shape index (κ1) is 24.8. The van der Waals surface area contributed by atoms with E-state index in [1.54, 1.807) is 12.0 Å². The van der Waals surface area contributed by atoms with Gasteiger partial charge in [-0.1, -0.05) is 41.5 Å². The molecule has 0 aliphatic carbocycles. The lowest BCUT2D eigenvalue weighted by Gasteiger charge is -2.17. The second kappa shape index (κ2) is 12.3. The summed E-state index contributed by atoms with van der Waals surface area (Å²) in [6.45, 7) is 14.5. The van der Waals surface area contributed by atoms with Gasteiger partial charge in [0.25, 0.3) is 0 Å². The van der Waals surface area contributed by atoms with Crippen LogP contribution in [0.15, 0.2) is 0 Å². The number of carbonyl (C=O) groups excluding carboxylic acids is 2. The van der Waals surface area contributed by atoms with Crippen LogP contribution in [-0.4, -0.2) is 73.1 Å². The topological polar surface area (TPSA) is 102 Å². The van der Waals surface area contributed by atoms with Crippen LogP contribution < -0.4 is 11.5 Å². The number of nitrogens with two attached hydrogens (primary N) is 2. The molecule has 0 aromatic rings. The maximum Gasteiger partial charge on any atom is 0.225 e. The number of rotatable bonds is 3. The molecule has 0 saturated carbocycles. The van der Waals surface area contributed by atoms with E-state index in [-0.39, 0.29) is 41.8 Å². The Morgan fingerprint density at radius 3 is 1.77 bits per heavy atom. The Labute approximate surface area is 159 Å². The van der Waals surface area contributed by atoms with Gasteiger partial charge in [0.05, 0.1) is 12.1 Å². The number of methoxy groups -OCH3 is 1. The highest BCUT2D eigenvalue weighted by molar-refractivity contribution is 5.78. The Balaban J connectivity index is 0.000000444. The lowest BCUT2D eigenvalue weighted by atomic mass is 10.2. The van der Waals surface area contributed by atoms with Crippen molar-refractivity contribution in [2.45, 2.75) is 66.2 Å². The number of amides is 2. The van der Waals surface area contributed by atoms with E-state index >= 15 is 0 Å². The van der Waals surface area contributed by atoms with Crippen molar-refractivity contribution in [2.24, 2.45) is 23.3 Å². The molecule has 2 rings (SSSR count). The molecule has 2 fully saturated rings. The summed E-state index contributed by atoms with van der Waals surface area (Å²) < 4.78 is 5.16. The van der Waals surface area contributed by atoms with Gasteiger partial charge in [-0.2, -0.15) is 0 Å². The number of nitrogens with zero attached hydrogens (tertiary/aromatic N) is 2. The van der Waals surface area contributed by atoms with Crippen molar-refractivity contribution in [3.05, 3.63) is 0 Å². The third-order valence-electron chi connectivity index (χ3n) is 4.45. The van der Waals surface area contributed by atoms with Crippen molar-refractivity contribution < 1.29 is 14.3 Å². The van der Waals surface area contributed by atoms with E-state index in [0.29, 0.717) is 13.1 Å². The molecule has 2 saturated heterocycles. The van der Waals surface area contributed by atoms with Crippen LogP contribution in [0.4, 0.5) is 0 Å². The Kier molecular flexibility index (Phi) is 11.7. The van der Waals surface area contributed by atoms with E-state index in [0.717, 1.165) is 19.5 Å². The van der Waals surface area contributed by atoms with Crippen molar-refractivity contribution in [1.29, 1.82) is 0 Å². The smallest absolute Gasteiger partial charge is 0.225 e. The number of carbonyl (C=O) groups is 2. The number of likely N-dealkylation sites (tertiary alicyclic amines) is 2. The highest BCUT2D eigenvalue weighted by Gasteiger charge is 2.33. The van der Waals surface area contributed by atoms with E-state index in [1.807, 2.05) is 46.4 Å². The molecule has 2 heterocycles. The van der Waals surface area contributed by atoms with E-state index in [9.17, 15) is 9.59 Å². The van der Waals surface area contributed by atoms with Gasteiger partial charge in [0, 0.05) is 51.2 Å². The Hall–Kier alpha value is -1.18. The molecule has 154 valence electrons. The number of ether oxygens (including phenoxy) is 1. The van der Waals surface area contributed by atoms with Crippen molar-refractivity contribution in [2.75, 3.05) is 33.3 Å². The van der Waals surface area contributed by atoms with Crippen molar-refractivity contribution in [3.63, 3.8) is 0 Å². The van der Waals surface area contributed by atoms with E-state index in [4.69, 9.17) is 16.2 Å². The van der Waals surface area contributed by atoms with Gasteiger partial charge in [0.2, 0.25) is 11.8 Å². The molecule has 7 heteroatoms. The standard InChI is InChI=1S/C9H18N2O2.C8H16N2O.C2H6/c1-6(2)9(12)11-4-7(10)8(5-11)13-3;1-6(2)8(11)10-4-3-7(9)5-10;1-2/h6-8H,4-5,10H2,1-3H3;6-7H,3-5,9H2,1-2H3;1-2H3. The fourth-order valence-electron chi connectivity index (χ4n) is 2.95. The lowest BCUT2D eigenvalue weighted by Crippen LogP contribution is -2.35. The largest absolute Gasteiger partial charge is 0.378 e. The predicted molar refractivity (Wildman–Crippen MR) is 106 cm³/mol. The average molecular weight is 373 g/mol. The molecule has 0 radical (unpaired) electrons. The van der Waals surface area contributed by atoms with Gasteiger partial charge in [0.15, 0.2) is 0 Å². The quantitative estimate of drug-likeness (QED) is 0.771. The third kappa shape index (κ3) is 7.60. The van der Waals surface area contributed by atoms with Gasteiger partial charge < -0.3 is 26.0 Å². The van der Waals surface area contributed by atoms with Crippen molar-refractivity contribution >= 4 is 11.8 Å². The Bertz CT molecular complexity index is 429. The molecule has 7 nitrogen and oxygen atoms in total. The van der Waals surface area contributed by atoms with E-state index < -0.39 is 0 Å². The van der Waals surface area contributed by atoms with Gasteiger partial charge in [-0.15, -0.1) is 0 Å². The molecule has 0 aromatic heterocycles. The summed E-state index contributed by atoms with van der Waals surface area (Å²) in [6.07, 6.45) is 0.959. The molecule has 3 unspecified atom stereocenters. The molecular formula is C19H40N4O3. The van der Waals surface area contributed by atoms with Crippen LogP contribution in [0.3, 0.4) is 0 Å². The second-order valence-corrected chi connectivity index (χ2v) is 7.32. The molecule has 2 aliphatic heterocycles. The molecule has 26 heavy (non-hydrogen) atoms. The summed E-state index contributed by atoms with van der Waals surface area (Å²) in [5.74, 6) is 0.552. The molecule has 3 atom stereocenters. The molecule has 0 aromatic carbocycles. The summed E-state index contributed by atoms with van der Waals surface area (Å²) in [4.78, 5) is 26.6. The van der Waals surface area contributed by atoms with E-state index in [2.05, 4.69) is 0 Å². The Morgan fingerprint density at radius 1 is 0.923 bits per heavy atom. The summed E-state index contributed by atoms with van der Waals surface area (Å²) in [5, 5.41) is 0. The fraction of sp³-hybridized carbons (Fsp3) is 0.895. The maximum absolute atomic E-state index is 11.6. The summed E-state index contributed by atoms with van der Waals surface area (Å²) in [5.41, 5.74) is 11.5. The molecule has 2 aliphatic rings. The van der Waals surface area contributed by atoms with Gasteiger partial charge in [0.1, 0.15) is 0 Å². The van der Waals surface area contributed by atoms with Crippen molar-refractivity contribution in [1.82, 2.24) is 9.80 Å². The number of hydrogen-bond acceptors (Lipinski definition) is 5. The van der Waals surface area contributed by atoms with Crippen LogP contribution >= 0.6 is 0 Å². The van der Waals surface area contributed by atoms with Gasteiger partial charge >= 0.3 is 0 Å². The van der Waals surface area contributed by atoms with Crippen LogP contribution in [0.5, 0.6) is 0 Å². The second-order valence-electron chi connectivity index (χ2n) is 7.32. The highest BCUT2D eigenvalue weighted by Crippen LogP contribution is 2.14. The molecule has 0 spiro atoms. The zero-order valence-corrected chi connectivity index (χ0v) is 17.7. The summed E-state index contributed by atoms with van der Waals surface area (Å²) in [7, 11) is 1.63. The zero-order valence-electron chi connectivity index (χ0n) is 17.7. The average Bonchev–Trinajstić information content (AvgIpc) is 3.21. The monoisotopic (exact) mass is 372 g/mol. The SMILES string of the molecule is CC.CC(C)C(=O)N1CCC(N)C1.COC1CN(C(=O)C(C)C)CC1N. The maximum atomic E-state index is 11.6. The normalized spacial score (nSPS) is 25.0. The first-order valence-corrected chi connectivity index (χ1v) is 9.78. The first-order valence-electron chi connectivity index (χ1n) is 9.78. The van der Waals surface area contributed by atoms with Crippen LogP contribution in [0.25, 0.3) is 0 Å². The predicted octanol–water partition coefficient (Wildman–Crippen LogP) is 1.06. The summed E-state index contributed by atoms with van der Waals surface area (Å²) in [6, 6.07) is 0.172. The van der Waals surface area contributed by atoms with Crippen LogP contribution in [0.1, 0.15) is 48.0 Å². The summed E-state index contributed by atoms with van der Waals surface area (Å²) >= 11 is 0. The van der Waals surface area contributed by atoms with Crippen LogP contribution in [0, 0.1) is 11.8 Å². The minimum Gasteiger partial charge on any atom is -0.378 e. The molecule has 2 amide bonds. The number of hydrogen-bond donors (Lipinski definition) is 2. The minimum absolute atomic E-state index is 0.00250. The molecule has 4 N–H and O–H groups in total. The third-order valence-corrected chi connectivity index (χ3v) is 4.45. The van der Waals surface area contributed by atoms with Gasteiger partial charge in [-0.25, -0.2) is 0 Å². The van der Waals surface area contributed by atoms with Gasteiger partial charge in [-0.3, -0.25) is 9.59 Å².